The van der Waals surface area contributed by atoms with Gasteiger partial charge < -0.3 is 9.64 Å². The Balaban J connectivity index is 1.79. The normalized spacial score (nSPS) is 17.6. The molecule has 9 heteroatoms. The number of hydrogen-bond acceptors (Lipinski definition) is 4. The molecule has 2 aromatic rings. The van der Waals surface area contributed by atoms with Gasteiger partial charge in [0.2, 0.25) is 10.0 Å². The summed E-state index contributed by atoms with van der Waals surface area (Å²) >= 11 is 3.38. The number of carbonyl (C=O) groups is 1. The van der Waals surface area contributed by atoms with E-state index in [1.165, 1.54) is 12.1 Å². The van der Waals surface area contributed by atoms with Gasteiger partial charge in [-0.15, -0.1) is 0 Å². The monoisotopic (exact) mass is 456 g/mol. The van der Waals surface area contributed by atoms with E-state index in [1.54, 1.807) is 4.90 Å². The van der Waals surface area contributed by atoms with Crippen molar-refractivity contribution in [2.75, 3.05) is 30.7 Å². The van der Waals surface area contributed by atoms with Crippen molar-refractivity contribution in [2.45, 2.75) is 6.10 Å². The first-order valence-electron chi connectivity index (χ1n) is 8.16. The Bertz CT molecular complexity index is 950. The lowest BCUT2D eigenvalue weighted by molar-refractivity contribution is -0.0228. The molecular weight excluding hydrogens is 439 g/mol. The maximum absolute atomic E-state index is 13.8. The molecule has 2 aromatic carbocycles. The third-order valence-electron chi connectivity index (χ3n) is 4.10. The molecule has 1 unspecified atom stereocenters. The summed E-state index contributed by atoms with van der Waals surface area (Å²) in [5.41, 5.74) is 0.911. The summed E-state index contributed by atoms with van der Waals surface area (Å²) < 4.78 is 45.4. The first-order chi connectivity index (χ1) is 12.7. The Morgan fingerprint density at radius 3 is 2.63 bits per heavy atom. The zero-order chi connectivity index (χ0) is 19.6. The lowest BCUT2D eigenvalue weighted by Gasteiger charge is -2.33. The molecule has 27 heavy (non-hydrogen) atoms. The third-order valence-corrected chi connectivity index (χ3v) is 5.22. The Morgan fingerprint density at radius 1 is 1.26 bits per heavy atom. The number of halogens is 2. The van der Waals surface area contributed by atoms with Gasteiger partial charge in [-0.2, -0.15) is 0 Å². The molecule has 1 aliphatic rings. The van der Waals surface area contributed by atoms with Crippen LogP contribution in [-0.4, -0.2) is 45.2 Å². The van der Waals surface area contributed by atoms with Crippen molar-refractivity contribution in [1.29, 1.82) is 0 Å². The van der Waals surface area contributed by atoms with Crippen LogP contribution in [-0.2, 0) is 14.8 Å². The van der Waals surface area contributed by atoms with E-state index in [0.717, 1.165) is 22.4 Å². The lowest BCUT2D eigenvalue weighted by atomic mass is 10.1. The number of amides is 1. The standard InChI is InChI=1S/C18H18BrFN2O4S/c1-27(24,25)21-16-10-13(4-7-15(16)20)18(23)22-8-9-26-17(11-22)12-2-5-14(19)6-3-12/h2-7,10,17,21H,8-9,11H2,1H3. The van der Waals surface area contributed by atoms with Gasteiger partial charge in [-0.1, -0.05) is 28.1 Å². The molecule has 1 heterocycles. The smallest absolute Gasteiger partial charge is 0.254 e. The van der Waals surface area contributed by atoms with Crippen LogP contribution in [0.2, 0.25) is 0 Å². The van der Waals surface area contributed by atoms with E-state index >= 15 is 0 Å². The van der Waals surface area contributed by atoms with Gasteiger partial charge in [0.25, 0.3) is 5.91 Å². The molecule has 0 spiro atoms. The van der Waals surface area contributed by atoms with E-state index in [-0.39, 0.29) is 23.3 Å². The molecule has 0 saturated carbocycles. The summed E-state index contributed by atoms with van der Waals surface area (Å²) in [6, 6.07) is 11.3. The Kier molecular flexibility index (Phi) is 5.83. The van der Waals surface area contributed by atoms with Gasteiger partial charge in [-0.25, -0.2) is 12.8 Å². The van der Waals surface area contributed by atoms with Crippen LogP contribution < -0.4 is 4.72 Å². The van der Waals surface area contributed by atoms with Gasteiger partial charge in [-0.3, -0.25) is 9.52 Å². The second kappa shape index (κ2) is 7.95. The largest absolute Gasteiger partial charge is 0.370 e. The number of anilines is 1. The topological polar surface area (TPSA) is 75.7 Å². The summed E-state index contributed by atoms with van der Waals surface area (Å²) in [6.45, 7) is 1.13. The van der Waals surface area contributed by atoms with Crippen LogP contribution in [0.5, 0.6) is 0 Å². The molecule has 1 saturated heterocycles. The predicted molar refractivity (Wildman–Crippen MR) is 104 cm³/mol. The van der Waals surface area contributed by atoms with Crippen molar-refractivity contribution in [2.24, 2.45) is 0 Å². The van der Waals surface area contributed by atoms with Gasteiger partial charge in [-0.05, 0) is 35.9 Å². The number of ether oxygens (including phenoxy) is 1. The van der Waals surface area contributed by atoms with Crippen LogP contribution in [0.4, 0.5) is 10.1 Å². The molecule has 1 fully saturated rings. The molecule has 0 radical (unpaired) electrons. The van der Waals surface area contributed by atoms with Gasteiger partial charge in [0.1, 0.15) is 11.9 Å². The van der Waals surface area contributed by atoms with Crippen LogP contribution in [0, 0.1) is 5.82 Å². The van der Waals surface area contributed by atoms with Gasteiger partial charge in [0.15, 0.2) is 0 Å². The molecule has 0 aliphatic carbocycles. The molecule has 1 amide bonds. The number of hydrogen-bond donors (Lipinski definition) is 1. The van der Waals surface area contributed by atoms with Crippen LogP contribution in [0.15, 0.2) is 46.9 Å². The third kappa shape index (κ3) is 5.06. The minimum Gasteiger partial charge on any atom is -0.370 e. The predicted octanol–water partition coefficient (Wildman–Crippen LogP) is 3.17. The van der Waals surface area contributed by atoms with Crippen molar-refractivity contribution in [3.8, 4) is 0 Å². The van der Waals surface area contributed by atoms with Crippen molar-refractivity contribution >= 4 is 37.5 Å². The Morgan fingerprint density at radius 2 is 1.96 bits per heavy atom. The van der Waals surface area contributed by atoms with E-state index < -0.39 is 15.8 Å². The molecule has 0 aromatic heterocycles. The molecule has 6 nitrogen and oxygen atoms in total. The number of morpholine rings is 1. The molecule has 144 valence electrons. The highest BCUT2D eigenvalue weighted by Gasteiger charge is 2.26. The summed E-state index contributed by atoms with van der Waals surface area (Å²) in [5, 5.41) is 0. The van der Waals surface area contributed by atoms with Crippen LogP contribution in [0.25, 0.3) is 0 Å². The highest BCUT2D eigenvalue weighted by molar-refractivity contribution is 9.10. The van der Waals surface area contributed by atoms with Crippen molar-refractivity contribution in [3.63, 3.8) is 0 Å². The van der Waals surface area contributed by atoms with Crippen LogP contribution in [0.1, 0.15) is 22.0 Å². The van der Waals surface area contributed by atoms with Crippen LogP contribution in [0.3, 0.4) is 0 Å². The SMILES string of the molecule is CS(=O)(=O)Nc1cc(C(=O)N2CCOC(c3ccc(Br)cc3)C2)ccc1F. The van der Waals surface area contributed by atoms with Gasteiger partial charge in [0, 0.05) is 16.6 Å². The summed E-state index contributed by atoms with van der Waals surface area (Å²) in [7, 11) is -3.65. The fourth-order valence-corrected chi connectivity index (χ4v) is 3.65. The first-order valence-corrected chi connectivity index (χ1v) is 10.8. The Hall–Kier alpha value is -1.97. The second-order valence-corrected chi connectivity index (χ2v) is 8.90. The first kappa shape index (κ1) is 19.8. The summed E-state index contributed by atoms with van der Waals surface area (Å²) in [5.74, 6) is -1.05. The van der Waals surface area contributed by atoms with Crippen molar-refractivity contribution in [3.05, 3.63) is 63.9 Å². The minimum absolute atomic E-state index is 0.207. The number of rotatable bonds is 4. The average Bonchev–Trinajstić information content (AvgIpc) is 2.62. The molecule has 1 aliphatic heterocycles. The Labute approximate surface area is 165 Å². The molecule has 3 rings (SSSR count). The maximum atomic E-state index is 13.8. The lowest BCUT2D eigenvalue weighted by Crippen LogP contribution is -2.42. The molecule has 1 atom stereocenters. The van der Waals surface area contributed by atoms with Gasteiger partial charge in [0.05, 0.1) is 25.1 Å². The van der Waals surface area contributed by atoms with Crippen molar-refractivity contribution < 1.29 is 22.3 Å². The summed E-state index contributed by atoms with van der Waals surface area (Å²) in [4.78, 5) is 14.4. The number of nitrogens with zero attached hydrogens (tertiary/aromatic N) is 1. The van der Waals surface area contributed by atoms with Crippen LogP contribution >= 0.6 is 15.9 Å². The molecule has 1 N–H and O–H groups in total. The van der Waals surface area contributed by atoms with E-state index in [0.29, 0.717) is 19.7 Å². The number of carbonyl (C=O) groups excluding carboxylic acids is 1. The quantitative estimate of drug-likeness (QED) is 0.766. The van der Waals surface area contributed by atoms with Crippen molar-refractivity contribution in [1.82, 2.24) is 4.90 Å². The molecule has 0 bridgehead atoms. The number of nitrogens with one attached hydrogen (secondary N) is 1. The highest BCUT2D eigenvalue weighted by Crippen LogP contribution is 2.25. The zero-order valence-electron chi connectivity index (χ0n) is 14.5. The highest BCUT2D eigenvalue weighted by atomic mass is 79.9. The van der Waals surface area contributed by atoms with E-state index in [4.69, 9.17) is 4.74 Å². The van der Waals surface area contributed by atoms with E-state index in [9.17, 15) is 17.6 Å². The minimum atomic E-state index is -3.65. The van der Waals surface area contributed by atoms with E-state index in [1.807, 2.05) is 24.3 Å². The number of sulfonamides is 1. The summed E-state index contributed by atoms with van der Waals surface area (Å²) in [6.07, 6.45) is 0.663. The van der Waals surface area contributed by atoms with E-state index in [2.05, 4.69) is 20.7 Å². The fourth-order valence-electron chi connectivity index (χ4n) is 2.83. The second-order valence-electron chi connectivity index (χ2n) is 6.23. The molecular formula is C18H18BrFN2O4S. The average molecular weight is 457 g/mol. The number of benzene rings is 2. The fraction of sp³-hybridized carbons (Fsp3) is 0.278. The zero-order valence-corrected chi connectivity index (χ0v) is 16.9. The van der Waals surface area contributed by atoms with Gasteiger partial charge >= 0.3 is 0 Å². The maximum Gasteiger partial charge on any atom is 0.254 e.